The van der Waals surface area contributed by atoms with Crippen molar-refractivity contribution >= 4 is 0 Å². The Kier molecular flexibility index (Phi) is 6.96. The SMILES string of the molecule is C[N+]1(C)CCCNCCNCCCNCC1. The molecule has 0 atom stereocenters. The second kappa shape index (κ2) is 8.01. The fraction of sp³-hybridized carbons (Fsp3) is 1.00. The van der Waals surface area contributed by atoms with Crippen molar-refractivity contribution in [1.82, 2.24) is 16.0 Å². The van der Waals surface area contributed by atoms with Gasteiger partial charge in [-0.25, -0.2) is 0 Å². The van der Waals surface area contributed by atoms with Gasteiger partial charge in [0.25, 0.3) is 0 Å². The number of rotatable bonds is 0. The van der Waals surface area contributed by atoms with Crippen LogP contribution in [0.15, 0.2) is 0 Å². The summed E-state index contributed by atoms with van der Waals surface area (Å²) in [5, 5.41) is 10.5. The van der Waals surface area contributed by atoms with Crippen molar-refractivity contribution in [3.05, 3.63) is 0 Å². The summed E-state index contributed by atoms with van der Waals surface area (Å²) in [5.74, 6) is 0. The molecule has 1 saturated heterocycles. The average molecular weight is 229 g/mol. The summed E-state index contributed by atoms with van der Waals surface area (Å²) in [7, 11) is 4.66. The summed E-state index contributed by atoms with van der Waals surface area (Å²) in [4.78, 5) is 0. The van der Waals surface area contributed by atoms with Crippen LogP contribution < -0.4 is 16.0 Å². The van der Waals surface area contributed by atoms with E-state index < -0.39 is 0 Å². The minimum atomic E-state index is 1.10. The van der Waals surface area contributed by atoms with E-state index in [-0.39, 0.29) is 0 Å². The highest BCUT2D eigenvalue weighted by atomic mass is 15.3. The standard InChI is InChI=1S/C12H29N4/c1-16(2)11-4-7-14-9-8-13-5-3-6-15-10-12-16/h13-15H,3-12H2,1-2H3/q+1. The third-order valence-electron chi connectivity index (χ3n) is 3.20. The molecule has 0 aromatic rings. The molecule has 96 valence electrons. The van der Waals surface area contributed by atoms with Crippen molar-refractivity contribution in [2.24, 2.45) is 0 Å². The van der Waals surface area contributed by atoms with Crippen LogP contribution in [-0.4, -0.2) is 70.9 Å². The molecule has 1 fully saturated rings. The Balaban J connectivity index is 2.22. The summed E-state index contributed by atoms with van der Waals surface area (Å²) in [6.45, 7) is 9.25. The molecular formula is C12H29N4+. The van der Waals surface area contributed by atoms with E-state index in [1.807, 2.05) is 0 Å². The zero-order valence-electron chi connectivity index (χ0n) is 11.0. The van der Waals surface area contributed by atoms with Crippen molar-refractivity contribution in [1.29, 1.82) is 0 Å². The molecule has 0 radical (unpaired) electrons. The molecule has 0 aliphatic carbocycles. The molecule has 0 saturated carbocycles. The van der Waals surface area contributed by atoms with E-state index in [0.717, 1.165) is 43.8 Å². The third-order valence-corrected chi connectivity index (χ3v) is 3.20. The summed E-state index contributed by atoms with van der Waals surface area (Å²) in [5.41, 5.74) is 0. The predicted octanol–water partition coefficient (Wildman–Crippen LogP) is -0.375. The van der Waals surface area contributed by atoms with E-state index in [0.29, 0.717) is 0 Å². The molecule has 0 amide bonds. The van der Waals surface area contributed by atoms with Gasteiger partial charge in [-0.2, -0.15) is 0 Å². The lowest BCUT2D eigenvalue weighted by Crippen LogP contribution is -2.46. The predicted molar refractivity (Wildman–Crippen MR) is 69.7 cm³/mol. The van der Waals surface area contributed by atoms with Gasteiger partial charge >= 0.3 is 0 Å². The topological polar surface area (TPSA) is 36.1 Å². The van der Waals surface area contributed by atoms with Gasteiger partial charge in [-0.05, 0) is 19.5 Å². The van der Waals surface area contributed by atoms with Crippen LogP contribution in [0.5, 0.6) is 0 Å². The first-order chi connectivity index (χ1) is 7.71. The summed E-state index contributed by atoms with van der Waals surface area (Å²) >= 11 is 0. The van der Waals surface area contributed by atoms with Crippen LogP contribution in [-0.2, 0) is 0 Å². The minimum Gasteiger partial charge on any atom is -0.327 e. The van der Waals surface area contributed by atoms with Gasteiger partial charge in [-0.1, -0.05) is 0 Å². The maximum atomic E-state index is 3.52. The number of nitrogens with one attached hydrogen (secondary N) is 3. The molecule has 4 nitrogen and oxygen atoms in total. The van der Waals surface area contributed by atoms with Crippen molar-refractivity contribution in [2.45, 2.75) is 12.8 Å². The molecule has 1 aliphatic heterocycles. The van der Waals surface area contributed by atoms with Crippen LogP contribution in [0.1, 0.15) is 12.8 Å². The molecule has 0 aromatic heterocycles. The third kappa shape index (κ3) is 7.17. The zero-order chi connectivity index (χ0) is 11.7. The normalized spacial score (nSPS) is 25.9. The lowest BCUT2D eigenvalue weighted by atomic mass is 10.3. The van der Waals surface area contributed by atoms with Crippen LogP contribution in [0.4, 0.5) is 0 Å². The van der Waals surface area contributed by atoms with Crippen molar-refractivity contribution in [3.63, 3.8) is 0 Å². The van der Waals surface area contributed by atoms with Gasteiger partial charge in [-0.3, -0.25) is 0 Å². The Morgan fingerprint density at radius 3 is 1.88 bits per heavy atom. The summed E-state index contributed by atoms with van der Waals surface area (Å²) in [6, 6.07) is 0. The Morgan fingerprint density at radius 1 is 0.625 bits per heavy atom. The minimum absolute atomic E-state index is 1.10. The van der Waals surface area contributed by atoms with Gasteiger partial charge < -0.3 is 20.4 Å². The van der Waals surface area contributed by atoms with Gasteiger partial charge in [0.2, 0.25) is 0 Å². The molecule has 3 N–H and O–H groups in total. The molecule has 0 unspecified atom stereocenters. The van der Waals surface area contributed by atoms with Crippen LogP contribution in [0.25, 0.3) is 0 Å². The van der Waals surface area contributed by atoms with Gasteiger partial charge in [-0.15, -0.1) is 0 Å². The molecule has 0 bridgehead atoms. The van der Waals surface area contributed by atoms with Crippen molar-refractivity contribution in [2.75, 3.05) is 66.5 Å². The number of likely N-dealkylation sites (N-methyl/N-ethyl adjacent to an activating group) is 1. The van der Waals surface area contributed by atoms with Crippen LogP contribution in [0, 0.1) is 0 Å². The van der Waals surface area contributed by atoms with E-state index >= 15 is 0 Å². The van der Waals surface area contributed by atoms with E-state index in [1.165, 1.54) is 25.9 Å². The lowest BCUT2D eigenvalue weighted by Gasteiger charge is -2.30. The van der Waals surface area contributed by atoms with E-state index in [4.69, 9.17) is 0 Å². The van der Waals surface area contributed by atoms with Crippen molar-refractivity contribution < 1.29 is 4.48 Å². The highest BCUT2D eigenvalue weighted by molar-refractivity contribution is 4.56. The number of hydrogen-bond donors (Lipinski definition) is 3. The van der Waals surface area contributed by atoms with E-state index in [9.17, 15) is 0 Å². The molecule has 1 rings (SSSR count). The first kappa shape index (κ1) is 13.9. The molecule has 4 heteroatoms. The Labute approximate surface area is 100 Å². The quantitative estimate of drug-likeness (QED) is 0.496. The van der Waals surface area contributed by atoms with Gasteiger partial charge in [0.15, 0.2) is 0 Å². The van der Waals surface area contributed by atoms with Gasteiger partial charge in [0.1, 0.15) is 0 Å². The Morgan fingerprint density at radius 2 is 1.19 bits per heavy atom. The summed E-state index contributed by atoms with van der Waals surface area (Å²) in [6.07, 6.45) is 2.50. The molecule has 1 heterocycles. The fourth-order valence-electron chi connectivity index (χ4n) is 2.02. The first-order valence-electron chi connectivity index (χ1n) is 6.65. The number of nitrogens with zero attached hydrogens (tertiary/aromatic N) is 1. The average Bonchev–Trinajstić information content (AvgIpc) is 2.24. The van der Waals surface area contributed by atoms with E-state index in [1.54, 1.807) is 0 Å². The van der Waals surface area contributed by atoms with Crippen LogP contribution in [0.3, 0.4) is 0 Å². The molecular weight excluding hydrogens is 200 g/mol. The van der Waals surface area contributed by atoms with Crippen LogP contribution >= 0.6 is 0 Å². The molecule has 0 spiro atoms. The molecule has 0 aromatic carbocycles. The largest absolute Gasteiger partial charge is 0.327 e. The van der Waals surface area contributed by atoms with Gasteiger partial charge in [0.05, 0.1) is 27.2 Å². The lowest BCUT2D eigenvalue weighted by molar-refractivity contribution is -0.889. The Hall–Kier alpha value is -0.160. The van der Waals surface area contributed by atoms with Crippen LogP contribution in [0.2, 0.25) is 0 Å². The zero-order valence-corrected chi connectivity index (χ0v) is 11.0. The smallest absolute Gasteiger partial charge is 0.0909 e. The second-order valence-electron chi connectivity index (χ2n) is 5.34. The highest BCUT2D eigenvalue weighted by Gasteiger charge is 2.13. The molecule has 16 heavy (non-hydrogen) atoms. The second-order valence-corrected chi connectivity index (χ2v) is 5.34. The molecule has 1 aliphatic rings. The maximum Gasteiger partial charge on any atom is 0.0909 e. The maximum absolute atomic E-state index is 3.52. The first-order valence-corrected chi connectivity index (χ1v) is 6.65. The number of quaternary nitrogens is 1. The summed E-state index contributed by atoms with van der Waals surface area (Å²) < 4.78 is 1.13. The number of hydrogen-bond acceptors (Lipinski definition) is 3. The monoisotopic (exact) mass is 229 g/mol. The van der Waals surface area contributed by atoms with Crippen molar-refractivity contribution in [3.8, 4) is 0 Å². The van der Waals surface area contributed by atoms with Gasteiger partial charge in [0, 0.05) is 32.6 Å². The van der Waals surface area contributed by atoms with E-state index in [2.05, 4.69) is 30.0 Å². The highest BCUT2D eigenvalue weighted by Crippen LogP contribution is 1.97. The fourth-order valence-corrected chi connectivity index (χ4v) is 2.02. The Bertz CT molecular complexity index is 154.